The predicted octanol–water partition coefficient (Wildman–Crippen LogP) is 2.21. The van der Waals surface area contributed by atoms with Crippen LogP contribution in [0.2, 0.25) is 0 Å². The molecule has 1 aromatic heterocycles. The lowest BCUT2D eigenvalue weighted by molar-refractivity contribution is -0.278. The molecule has 8 nitrogen and oxygen atoms in total. The maximum Gasteiger partial charge on any atom is 0.239 e. The van der Waals surface area contributed by atoms with Crippen molar-refractivity contribution in [1.82, 2.24) is 9.78 Å². The number of hydrogen-bond acceptors (Lipinski definition) is 7. The molecule has 0 spiro atoms. The summed E-state index contributed by atoms with van der Waals surface area (Å²) >= 11 is 0. The van der Waals surface area contributed by atoms with Crippen molar-refractivity contribution in [3.8, 4) is 17.1 Å². The van der Waals surface area contributed by atoms with Gasteiger partial charge in [-0.2, -0.15) is 0 Å². The van der Waals surface area contributed by atoms with Gasteiger partial charge in [-0.1, -0.05) is 54.1 Å². The smallest absolute Gasteiger partial charge is 0.239 e. The van der Waals surface area contributed by atoms with Crippen molar-refractivity contribution in [2.24, 2.45) is 0 Å². The summed E-state index contributed by atoms with van der Waals surface area (Å²) in [6, 6.07) is 18.1. The molecule has 182 valence electrons. The molecule has 4 N–H and O–H groups in total. The Bertz CT molecular complexity index is 1100. The quantitative estimate of drug-likeness (QED) is 0.420. The molecule has 0 saturated carbocycles. The maximum atomic E-state index is 10.5. The zero-order valence-electron chi connectivity index (χ0n) is 19.6. The third-order valence-electron chi connectivity index (χ3n) is 6.05. The molecule has 34 heavy (non-hydrogen) atoms. The van der Waals surface area contributed by atoms with Gasteiger partial charge in [0.25, 0.3) is 0 Å². The highest BCUT2D eigenvalue weighted by atomic mass is 16.7. The lowest BCUT2D eigenvalue weighted by atomic mass is 9.98. The van der Waals surface area contributed by atoms with Crippen LogP contribution < -0.4 is 4.74 Å². The van der Waals surface area contributed by atoms with Crippen molar-refractivity contribution in [3.63, 3.8) is 0 Å². The molecule has 0 unspecified atom stereocenters. The van der Waals surface area contributed by atoms with Crippen LogP contribution >= 0.6 is 0 Å². The molecule has 1 aliphatic rings. The molecule has 0 amide bonds. The molecule has 5 atom stereocenters. The van der Waals surface area contributed by atoms with Crippen molar-refractivity contribution >= 4 is 0 Å². The number of hydrogen-bond donors (Lipinski definition) is 4. The van der Waals surface area contributed by atoms with Crippen LogP contribution in [0.5, 0.6) is 5.88 Å². The number of aryl methyl sites for hydroxylation is 1. The van der Waals surface area contributed by atoms with E-state index in [1.165, 1.54) is 0 Å². The Balaban J connectivity index is 1.81. The first kappa shape index (κ1) is 24.4. The van der Waals surface area contributed by atoms with Crippen molar-refractivity contribution in [2.75, 3.05) is 6.61 Å². The highest BCUT2D eigenvalue weighted by molar-refractivity contribution is 5.67. The number of aromatic nitrogens is 2. The van der Waals surface area contributed by atoms with E-state index in [1.54, 1.807) is 0 Å². The predicted molar refractivity (Wildman–Crippen MR) is 126 cm³/mol. The molecule has 2 aromatic carbocycles. The van der Waals surface area contributed by atoms with E-state index >= 15 is 0 Å². The van der Waals surface area contributed by atoms with Crippen LogP contribution in [-0.4, -0.2) is 67.5 Å². The van der Waals surface area contributed by atoms with E-state index < -0.39 is 37.3 Å². The zero-order valence-corrected chi connectivity index (χ0v) is 19.6. The molecule has 1 fully saturated rings. The molecule has 1 aliphatic heterocycles. The van der Waals surface area contributed by atoms with Gasteiger partial charge >= 0.3 is 0 Å². The van der Waals surface area contributed by atoms with Gasteiger partial charge < -0.3 is 29.9 Å². The molecular weight excluding hydrogens is 436 g/mol. The molecule has 4 rings (SSSR count). The van der Waals surface area contributed by atoms with Gasteiger partial charge in [0.05, 0.1) is 12.3 Å². The molecule has 0 aliphatic carbocycles. The minimum atomic E-state index is -1.53. The van der Waals surface area contributed by atoms with Crippen molar-refractivity contribution < 1.29 is 29.9 Å². The number of nitrogens with zero attached hydrogens (tertiary/aromatic N) is 2. The second-order valence-corrected chi connectivity index (χ2v) is 9.02. The van der Waals surface area contributed by atoms with Crippen LogP contribution in [0.3, 0.4) is 0 Å². The summed E-state index contributed by atoms with van der Waals surface area (Å²) in [5, 5.41) is 45.1. The summed E-state index contributed by atoms with van der Waals surface area (Å²) < 4.78 is 13.5. The minimum Gasteiger partial charge on any atom is -0.443 e. The van der Waals surface area contributed by atoms with Crippen molar-refractivity contribution in [2.45, 2.75) is 63.9 Å². The largest absolute Gasteiger partial charge is 0.443 e. The number of rotatable bonds is 7. The van der Waals surface area contributed by atoms with E-state index in [2.05, 4.69) is 6.07 Å². The van der Waals surface area contributed by atoms with Gasteiger partial charge in [-0.05, 0) is 32.4 Å². The Labute approximate surface area is 199 Å². The van der Waals surface area contributed by atoms with Gasteiger partial charge in [0.2, 0.25) is 12.2 Å². The summed E-state index contributed by atoms with van der Waals surface area (Å²) in [5.41, 5.74) is 4.84. The lowest BCUT2D eigenvalue weighted by Crippen LogP contribution is -2.60. The number of aliphatic hydroxyl groups excluding tert-OH is 4. The first-order valence-electron chi connectivity index (χ1n) is 11.5. The Morgan fingerprint density at radius 2 is 1.74 bits per heavy atom. The maximum absolute atomic E-state index is 10.5. The van der Waals surface area contributed by atoms with Gasteiger partial charge in [0.15, 0.2) is 0 Å². The van der Waals surface area contributed by atoms with Gasteiger partial charge in [-0.3, -0.25) is 4.68 Å². The zero-order chi connectivity index (χ0) is 24.4. The number of ether oxygens (including phenoxy) is 2. The average Bonchev–Trinajstić information content (AvgIpc) is 3.18. The molecule has 2 heterocycles. The fourth-order valence-corrected chi connectivity index (χ4v) is 4.25. The first-order chi connectivity index (χ1) is 16.3. The second-order valence-electron chi connectivity index (χ2n) is 9.02. The Morgan fingerprint density at radius 3 is 2.38 bits per heavy atom. The van der Waals surface area contributed by atoms with Crippen LogP contribution in [0.1, 0.15) is 36.6 Å². The van der Waals surface area contributed by atoms with E-state index in [-0.39, 0.29) is 11.9 Å². The average molecular weight is 469 g/mol. The molecule has 0 radical (unpaired) electrons. The van der Waals surface area contributed by atoms with Crippen LogP contribution in [-0.2, 0) is 11.2 Å². The highest BCUT2D eigenvalue weighted by Gasteiger charge is 2.45. The third-order valence-corrected chi connectivity index (χ3v) is 6.05. The number of benzene rings is 2. The lowest BCUT2D eigenvalue weighted by Gasteiger charge is -2.39. The first-order valence-corrected chi connectivity index (χ1v) is 11.5. The summed E-state index contributed by atoms with van der Waals surface area (Å²) in [5.74, 6) is 0.262. The highest BCUT2D eigenvalue weighted by Crippen LogP contribution is 2.36. The Kier molecular flexibility index (Phi) is 7.35. The van der Waals surface area contributed by atoms with Crippen molar-refractivity contribution in [1.29, 1.82) is 0 Å². The Morgan fingerprint density at radius 1 is 1.00 bits per heavy atom. The standard InChI is InChI=1S/C26H32N2O6/c1-15(2)28-21(18-11-7-8-16(3)12-18)19(13-17-9-5-4-6-10-17)25(27-28)34-26-24(32)23(31)22(30)20(14-29)33-26/h4-12,15,20,22-24,26,29-32H,13-14H2,1-3H3/t20-,22-,23+,24-,26+/m1/s1. The molecule has 1 saturated heterocycles. The monoisotopic (exact) mass is 468 g/mol. The molecule has 3 aromatic rings. The molecule has 8 heteroatoms. The van der Waals surface area contributed by atoms with E-state index in [9.17, 15) is 20.4 Å². The van der Waals surface area contributed by atoms with E-state index in [1.807, 2.05) is 74.0 Å². The minimum absolute atomic E-state index is 0.0113. The molecule has 0 bridgehead atoms. The Hall–Kier alpha value is -2.75. The summed E-state index contributed by atoms with van der Waals surface area (Å²) in [7, 11) is 0. The topological polar surface area (TPSA) is 117 Å². The van der Waals surface area contributed by atoms with Gasteiger partial charge in [0, 0.05) is 23.6 Å². The van der Waals surface area contributed by atoms with E-state index in [0.717, 1.165) is 27.9 Å². The summed E-state index contributed by atoms with van der Waals surface area (Å²) in [6.07, 6.45) is -6.37. The van der Waals surface area contributed by atoms with Gasteiger partial charge in [-0.15, -0.1) is 5.10 Å². The van der Waals surface area contributed by atoms with Gasteiger partial charge in [0.1, 0.15) is 24.4 Å². The fraction of sp³-hybridized carbons (Fsp3) is 0.423. The normalized spacial score (nSPS) is 25.0. The summed E-state index contributed by atoms with van der Waals surface area (Å²) in [6.45, 7) is 5.55. The van der Waals surface area contributed by atoms with E-state index in [0.29, 0.717) is 6.42 Å². The molecular formula is C26H32N2O6. The third kappa shape index (κ3) is 4.87. The van der Waals surface area contributed by atoms with E-state index in [4.69, 9.17) is 14.6 Å². The SMILES string of the molecule is Cc1cccc(-c2c(Cc3ccccc3)c(O[C@@H]3O[C@H](CO)[C@@H](O)[C@H](O)[C@H]3O)nn2C(C)C)c1. The second kappa shape index (κ2) is 10.2. The van der Waals surface area contributed by atoms with Crippen LogP contribution in [0, 0.1) is 6.92 Å². The number of aliphatic hydroxyl groups is 4. The summed E-state index contributed by atoms with van der Waals surface area (Å²) in [4.78, 5) is 0. The van der Waals surface area contributed by atoms with Gasteiger partial charge in [-0.25, -0.2) is 0 Å². The fourth-order valence-electron chi connectivity index (χ4n) is 4.25. The van der Waals surface area contributed by atoms with Crippen LogP contribution in [0.15, 0.2) is 54.6 Å². The van der Waals surface area contributed by atoms with Crippen molar-refractivity contribution in [3.05, 3.63) is 71.3 Å². The van der Waals surface area contributed by atoms with Crippen LogP contribution in [0.4, 0.5) is 0 Å². The van der Waals surface area contributed by atoms with Crippen LogP contribution in [0.25, 0.3) is 11.3 Å².